The highest BCUT2D eigenvalue weighted by Crippen LogP contribution is 2.29. The zero-order valence-corrected chi connectivity index (χ0v) is 13.9. The molecule has 0 atom stereocenters. The van der Waals surface area contributed by atoms with Crippen molar-refractivity contribution >= 4 is 10.9 Å². The van der Waals surface area contributed by atoms with Crippen LogP contribution in [0.15, 0.2) is 84.9 Å². The zero-order valence-electron chi connectivity index (χ0n) is 13.9. The summed E-state index contributed by atoms with van der Waals surface area (Å²) in [6.07, 6.45) is 0. The zero-order chi connectivity index (χ0) is 17.1. The highest BCUT2D eigenvalue weighted by Gasteiger charge is 2.12. The van der Waals surface area contributed by atoms with E-state index in [0.29, 0.717) is 0 Å². The Morgan fingerprint density at radius 1 is 0.760 bits per heavy atom. The number of hydrogen-bond donors (Lipinski definition) is 0. The summed E-state index contributed by atoms with van der Waals surface area (Å²) in [5.41, 5.74) is 4.04. The molecular formula is C23H17NO. The van der Waals surface area contributed by atoms with Gasteiger partial charge in [-0.25, -0.2) is 0 Å². The summed E-state index contributed by atoms with van der Waals surface area (Å²) in [7, 11) is 1.69. The van der Waals surface area contributed by atoms with Crippen molar-refractivity contribution in [3.63, 3.8) is 0 Å². The lowest BCUT2D eigenvalue weighted by atomic mass is 10.2. The van der Waals surface area contributed by atoms with Gasteiger partial charge in [0.25, 0.3) is 0 Å². The molecule has 0 saturated carbocycles. The van der Waals surface area contributed by atoms with E-state index in [1.54, 1.807) is 7.11 Å². The van der Waals surface area contributed by atoms with E-state index in [-0.39, 0.29) is 0 Å². The van der Waals surface area contributed by atoms with Gasteiger partial charge >= 0.3 is 0 Å². The predicted octanol–water partition coefficient (Wildman–Crippen LogP) is 5.04. The molecule has 3 aromatic carbocycles. The van der Waals surface area contributed by atoms with E-state index < -0.39 is 0 Å². The Hall–Kier alpha value is -3.44. The number of nitrogens with zero attached hydrogens (tertiary/aromatic N) is 1. The number of methoxy groups -OCH3 is 1. The second-order valence-electron chi connectivity index (χ2n) is 5.71. The van der Waals surface area contributed by atoms with Crippen LogP contribution in [0.4, 0.5) is 0 Å². The summed E-state index contributed by atoms with van der Waals surface area (Å²) in [4.78, 5) is 0. The predicted molar refractivity (Wildman–Crippen MR) is 102 cm³/mol. The average Bonchev–Trinajstić information content (AvgIpc) is 3.05. The van der Waals surface area contributed by atoms with E-state index in [1.165, 1.54) is 0 Å². The average molecular weight is 323 g/mol. The van der Waals surface area contributed by atoms with Gasteiger partial charge < -0.3 is 4.74 Å². The van der Waals surface area contributed by atoms with Gasteiger partial charge in [-0.05, 0) is 42.3 Å². The number of aromatic nitrogens is 1. The first kappa shape index (κ1) is 15.1. The quantitative estimate of drug-likeness (QED) is 0.471. The van der Waals surface area contributed by atoms with Crippen molar-refractivity contribution in [2.45, 2.75) is 0 Å². The number of fused-ring (bicyclic) bond motifs is 1. The molecule has 4 aromatic rings. The minimum Gasteiger partial charge on any atom is -0.495 e. The number of benzene rings is 3. The second-order valence-corrected chi connectivity index (χ2v) is 5.71. The molecule has 0 aliphatic rings. The van der Waals surface area contributed by atoms with Gasteiger partial charge in [-0.1, -0.05) is 54.5 Å². The molecule has 0 radical (unpaired) electrons. The van der Waals surface area contributed by atoms with Crippen molar-refractivity contribution in [2.75, 3.05) is 7.11 Å². The molecule has 0 fully saturated rings. The van der Waals surface area contributed by atoms with E-state index in [2.05, 4.69) is 40.7 Å². The van der Waals surface area contributed by atoms with Gasteiger partial charge in [0.15, 0.2) is 0 Å². The Balaban J connectivity index is 1.95. The maximum atomic E-state index is 5.57. The maximum Gasteiger partial charge on any atom is 0.142 e. The van der Waals surface area contributed by atoms with E-state index in [1.807, 2.05) is 60.7 Å². The van der Waals surface area contributed by atoms with E-state index >= 15 is 0 Å². The fourth-order valence-electron chi connectivity index (χ4n) is 2.98. The normalized spacial score (nSPS) is 10.3. The molecule has 0 saturated heterocycles. The molecule has 0 aliphatic carbocycles. The molecule has 2 nitrogen and oxygen atoms in total. The van der Waals surface area contributed by atoms with Gasteiger partial charge in [0.1, 0.15) is 5.75 Å². The third-order valence-electron chi connectivity index (χ3n) is 4.15. The molecule has 0 spiro atoms. The molecular weight excluding hydrogens is 306 g/mol. The van der Waals surface area contributed by atoms with Crippen molar-refractivity contribution in [1.82, 2.24) is 4.57 Å². The van der Waals surface area contributed by atoms with Crippen molar-refractivity contribution in [3.8, 4) is 23.3 Å². The van der Waals surface area contributed by atoms with Crippen LogP contribution in [0.2, 0.25) is 0 Å². The van der Waals surface area contributed by atoms with Gasteiger partial charge in [-0.3, -0.25) is 4.57 Å². The van der Waals surface area contributed by atoms with Crippen molar-refractivity contribution in [1.29, 1.82) is 0 Å². The number of hydrogen-bond acceptors (Lipinski definition) is 1. The lowest BCUT2D eigenvalue weighted by Gasteiger charge is -2.12. The first-order valence-corrected chi connectivity index (χ1v) is 8.18. The van der Waals surface area contributed by atoms with Crippen molar-refractivity contribution < 1.29 is 4.74 Å². The van der Waals surface area contributed by atoms with Crippen LogP contribution in [0.3, 0.4) is 0 Å². The van der Waals surface area contributed by atoms with Gasteiger partial charge in [-0.15, -0.1) is 0 Å². The van der Waals surface area contributed by atoms with Crippen LogP contribution >= 0.6 is 0 Å². The first-order valence-electron chi connectivity index (χ1n) is 8.18. The number of rotatable bonds is 2. The summed E-state index contributed by atoms with van der Waals surface area (Å²) in [5.74, 6) is 7.41. The van der Waals surface area contributed by atoms with Crippen LogP contribution in [0.5, 0.6) is 5.75 Å². The second kappa shape index (κ2) is 6.59. The molecule has 0 aliphatic heterocycles. The fraction of sp³-hybridized carbons (Fsp3) is 0.0435. The summed E-state index contributed by atoms with van der Waals surface area (Å²) < 4.78 is 7.72. The summed E-state index contributed by atoms with van der Waals surface area (Å²) in [6, 6.07) is 28.5. The Kier molecular flexibility index (Phi) is 3.98. The molecule has 4 rings (SSSR count). The van der Waals surface area contributed by atoms with Crippen LogP contribution in [0.25, 0.3) is 16.6 Å². The summed E-state index contributed by atoms with van der Waals surface area (Å²) >= 11 is 0. The van der Waals surface area contributed by atoms with Gasteiger partial charge in [0.2, 0.25) is 0 Å². The summed E-state index contributed by atoms with van der Waals surface area (Å²) in [6.45, 7) is 0. The standard InChI is InChI=1S/C23H17NO/c1-25-23-14-8-7-13-22(23)24-20(16-15-18-9-3-2-4-10-18)17-19-11-5-6-12-21(19)24/h2-14,17H,1H3. The molecule has 0 unspecified atom stereocenters. The topological polar surface area (TPSA) is 14.2 Å². The van der Waals surface area contributed by atoms with Gasteiger partial charge in [0, 0.05) is 10.9 Å². The third kappa shape index (κ3) is 2.88. The van der Waals surface area contributed by atoms with E-state index in [4.69, 9.17) is 4.74 Å². The molecule has 0 bridgehead atoms. The Morgan fingerprint density at radius 2 is 1.48 bits per heavy atom. The molecule has 1 heterocycles. The third-order valence-corrected chi connectivity index (χ3v) is 4.15. The Labute approximate surface area is 147 Å². The SMILES string of the molecule is COc1ccccc1-n1c(C#Cc2ccccc2)cc2ccccc21. The van der Waals surface area contributed by atoms with Gasteiger partial charge in [0.05, 0.1) is 24.0 Å². The molecule has 0 amide bonds. The molecule has 2 heteroatoms. The minimum atomic E-state index is 0.826. The van der Waals surface area contributed by atoms with Crippen LogP contribution in [0.1, 0.15) is 11.3 Å². The minimum absolute atomic E-state index is 0.826. The van der Waals surface area contributed by atoms with Crippen LogP contribution in [-0.2, 0) is 0 Å². The highest BCUT2D eigenvalue weighted by molar-refractivity contribution is 5.85. The lowest BCUT2D eigenvalue weighted by Crippen LogP contribution is -2.00. The van der Waals surface area contributed by atoms with Crippen molar-refractivity contribution in [3.05, 3.63) is 96.2 Å². The molecule has 25 heavy (non-hydrogen) atoms. The summed E-state index contributed by atoms with van der Waals surface area (Å²) in [5, 5.41) is 1.16. The maximum absolute atomic E-state index is 5.57. The van der Waals surface area contributed by atoms with E-state index in [0.717, 1.165) is 33.6 Å². The fourth-order valence-corrected chi connectivity index (χ4v) is 2.98. The van der Waals surface area contributed by atoms with E-state index in [9.17, 15) is 0 Å². The van der Waals surface area contributed by atoms with Crippen LogP contribution in [0, 0.1) is 11.8 Å². The Bertz CT molecular complexity index is 1080. The van der Waals surface area contributed by atoms with Crippen molar-refractivity contribution in [2.24, 2.45) is 0 Å². The monoisotopic (exact) mass is 323 g/mol. The number of para-hydroxylation sites is 3. The highest BCUT2D eigenvalue weighted by atomic mass is 16.5. The van der Waals surface area contributed by atoms with Gasteiger partial charge in [-0.2, -0.15) is 0 Å². The molecule has 120 valence electrons. The molecule has 0 N–H and O–H groups in total. The molecule has 1 aromatic heterocycles. The van der Waals surface area contributed by atoms with Crippen LogP contribution < -0.4 is 4.74 Å². The van der Waals surface area contributed by atoms with Crippen LogP contribution in [-0.4, -0.2) is 11.7 Å². The first-order chi connectivity index (χ1) is 12.4. The largest absolute Gasteiger partial charge is 0.495 e. The lowest BCUT2D eigenvalue weighted by molar-refractivity contribution is 0.413. The number of ether oxygens (including phenoxy) is 1. The smallest absolute Gasteiger partial charge is 0.142 e. The Morgan fingerprint density at radius 3 is 2.32 bits per heavy atom.